The molecule has 14 heteroatoms. The lowest BCUT2D eigenvalue weighted by atomic mass is 9.91. The van der Waals surface area contributed by atoms with Gasteiger partial charge in [-0.1, -0.05) is 24.1 Å². The van der Waals surface area contributed by atoms with Crippen molar-refractivity contribution in [3.8, 4) is 17.6 Å². The Balaban J connectivity index is 1.37. The third kappa shape index (κ3) is 8.02. The fourth-order valence-electron chi connectivity index (χ4n) is 6.06. The summed E-state index contributed by atoms with van der Waals surface area (Å²) in [6.45, 7) is 3.40. The fourth-order valence-corrected chi connectivity index (χ4v) is 7.07. The molecule has 0 aliphatic heterocycles. The van der Waals surface area contributed by atoms with Crippen molar-refractivity contribution in [2.45, 2.75) is 68.7 Å². The number of halogens is 3. The number of alkyl halides is 3. The molecule has 0 saturated heterocycles. The number of sulfonamides is 1. The maximum Gasteiger partial charge on any atom is 0.406 e. The highest BCUT2D eigenvalue weighted by atomic mass is 32.2. The van der Waals surface area contributed by atoms with E-state index >= 15 is 0 Å². The zero-order valence-electron chi connectivity index (χ0n) is 27.6. The molecular weight excluding hydrogens is 645 g/mol. The molecule has 48 heavy (non-hydrogen) atoms. The molecule has 3 N–H and O–H groups in total. The van der Waals surface area contributed by atoms with E-state index in [1.807, 2.05) is 6.07 Å². The van der Waals surface area contributed by atoms with Gasteiger partial charge in [0.2, 0.25) is 0 Å². The number of ether oxygens (including phenoxy) is 1. The first-order valence-corrected chi connectivity index (χ1v) is 17.1. The number of anilines is 3. The van der Waals surface area contributed by atoms with Crippen molar-refractivity contribution in [1.29, 1.82) is 0 Å². The average Bonchev–Trinajstić information content (AvgIpc) is 3.63. The van der Waals surface area contributed by atoms with Crippen LogP contribution in [-0.4, -0.2) is 68.5 Å². The van der Waals surface area contributed by atoms with Gasteiger partial charge in [0.25, 0.3) is 10.0 Å². The molecule has 1 fully saturated rings. The van der Waals surface area contributed by atoms with Crippen molar-refractivity contribution < 1.29 is 30.8 Å². The summed E-state index contributed by atoms with van der Waals surface area (Å²) in [5, 5.41) is 11.0. The van der Waals surface area contributed by atoms with E-state index in [2.05, 4.69) is 69.7 Å². The second kappa shape index (κ2) is 14.0. The minimum atomic E-state index is -4.45. The van der Waals surface area contributed by atoms with Crippen LogP contribution in [-0.2, 0) is 16.6 Å². The SMILES string of the molecule is COc1cc(S(=O)(=O)Nc2ccon2)ccc1NCC#Cc1cc2c(N[C@@H]3CC[C@](C)(N(C)C)CC[C@H]3C)cccc2n1CC(F)(F)F. The van der Waals surface area contributed by atoms with Crippen LogP contribution in [0.2, 0.25) is 0 Å². The van der Waals surface area contributed by atoms with Crippen LogP contribution in [0.15, 0.2) is 64.2 Å². The highest BCUT2D eigenvalue weighted by Crippen LogP contribution is 2.37. The van der Waals surface area contributed by atoms with Crippen molar-refractivity contribution in [2.24, 2.45) is 5.92 Å². The minimum absolute atomic E-state index is 0.0313. The van der Waals surface area contributed by atoms with Gasteiger partial charge in [-0.05, 0) is 88.9 Å². The van der Waals surface area contributed by atoms with Gasteiger partial charge in [0.15, 0.2) is 5.82 Å². The first-order chi connectivity index (χ1) is 22.7. The molecule has 2 aromatic heterocycles. The lowest BCUT2D eigenvalue weighted by Crippen LogP contribution is -2.40. The zero-order chi connectivity index (χ0) is 34.7. The molecule has 2 heterocycles. The van der Waals surface area contributed by atoms with E-state index in [9.17, 15) is 21.6 Å². The summed E-state index contributed by atoms with van der Waals surface area (Å²) >= 11 is 0. The molecule has 258 valence electrons. The van der Waals surface area contributed by atoms with E-state index in [0.29, 0.717) is 22.5 Å². The van der Waals surface area contributed by atoms with E-state index in [1.165, 1.54) is 42.2 Å². The molecule has 1 saturated carbocycles. The predicted octanol–water partition coefficient (Wildman–Crippen LogP) is 6.78. The number of methoxy groups -OCH3 is 1. The largest absolute Gasteiger partial charge is 0.495 e. The van der Waals surface area contributed by atoms with Gasteiger partial charge in [0.05, 0.1) is 35.4 Å². The summed E-state index contributed by atoms with van der Waals surface area (Å²) in [7, 11) is 1.65. The number of nitrogens with one attached hydrogen (secondary N) is 3. The number of rotatable bonds is 10. The van der Waals surface area contributed by atoms with E-state index in [1.54, 1.807) is 18.2 Å². The summed E-state index contributed by atoms with van der Waals surface area (Å²) in [4.78, 5) is 2.22. The Labute approximate surface area is 279 Å². The molecule has 0 radical (unpaired) electrons. The quantitative estimate of drug-likeness (QED) is 0.124. The van der Waals surface area contributed by atoms with Gasteiger partial charge >= 0.3 is 6.18 Å². The average molecular weight is 687 g/mol. The van der Waals surface area contributed by atoms with Gasteiger partial charge in [0, 0.05) is 34.8 Å². The number of nitrogens with zero attached hydrogens (tertiary/aromatic N) is 3. The number of aromatic nitrogens is 2. The summed E-state index contributed by atoms with van der Waals surface area (Å²) < 4.78 is 80.4. The molecule has 2 aromatic carbocycles. The Morgan fingerprint density at radius 2 is 1.90 bits per heavy atom. The van der Waals surface area contributed by atoms with E-state index in [4.69, 9.17) is 4.74 Å². The third-order valence-corrected chi connectivity index (χ3v) is 10.6. The van der Waals surface area contributed by atoms with Crippen molar-refractivity contribution in [3.63, 3.8) is 0 Å². The summed E-state index contributed by atoms with van der Waals surface area (Å²) in [6, 6.07) is 12.9. The summed E-state index contributed by atoms with van der Waals surface area (Å²) in [6.07, 6.45) is 0.876. The normalized spacial score (nSPS) is 20.2. The van der Waals surface area contributed by atoms with E-state index < -0.39 is 22.7 Å². The van der Waals surface area contributed by atoms with Gasteiger partial charge in [-0.15, -0.1) is 0 Å². The highest BCUT2D eigenvalue weighted by molar-refractivity contribution is 7.92. The van der Waals surface area contributed by atoms with Crippen LogP contribution in [0.3, 0.4) is 0 Å². The molecule has 1 aliphatic carbocycles. The number of fused-ring (bicyclic) bond motifs is 1. The molecule has 0 unspecified atom stereocenters. The molecule has 3 atom stereocenters. The monoisotopic (exact) mass is 686 g/mol. The smallest absolute Gasteiger partial charge is 0.406 e. The van der Waals surface area contributed by atoms with Crippen LogP contribution in [0.25, 0.3) is 10.9 Å². The molecule has 10 nitrogen and oxygen atoms in total. The Morgan fingerprint density at radius 1 is 1.12 bits per heavy atom. The maximum atomic E-state index is 13.8. The fraction of sp³-hybridized carbons (Fsp3) is 0.441. The molecule has 1 aliphatic rings. The predicted molar refractivity (Wildman–Crippen MR) is 181 cm³/mol. The van der Waals surface area contributed by atoms with Gasteiger partial charge in [-0.3, -0.25) is 4.72 Å². The van der Waals surface area contributed by atoms with Crippen LogP contribution < -0.4 is 20.1 Å². The summed E-state index contributed by atoms with van der Waals surface area (Å²) in [5.74, 6) is 6.50. The van der Waals surface area contributed by atoms with Gasteiger partial charge in [0.1, 0.15) is 18.6 Å². The van der Waals surface area contributed by atoms with Crippen molar-refractivity contribution in [2.75, 3.05) is 43.1 Å². The van der Waals surface area contributed by atoms with E-state index in [-0.39, 0.29) is 40.3 Å². The van der Waals surface area contributed by atoms with Gasteiger partial charge in [-0.25, -0.2) is 8.42 Å². The van der Waals surface area contributed by atoms with Crippen LogP contribution in [0.4, 0.5) is 30.4 Å². The highest BCUT2D eigenvalue weighted by Gasteiger charge is 2.34. The molecular formula is C34H41F3N6O4S. The van der Waals surface area contributed by atoms with Gasteiger partial charge in [-0.2, -0.15) is 13.2 Å². The van der Waals surface area contributed by atoms with E-state index in [0.717, 1.165) is 31.4 Å². The molecule has 0 spiro atoms. The number of benzene rings is 2. The summed E-state index contributed by atoms with van der Waals surface area (Å²) in [5.41, 5.74) is 2.03. The zero-order valence-corrected chi connectivity index (χ0v) is 28.4. The topological polar surface area (TPSA) is 114 Å². The maximum absolute atomic E-state index is 13.8. The molecule has 0 amide bonds. The standard InChI is InChI=1S/C34H41F3N6O4S/c1-23-13-16-33(2,42(3)4)17-14-27(23)39-28-9-6-10-30-26(28)20-24(43(30)22-34(35,36)37)8-7-18-38-29-12-11-25(21-31(29)46-5)48(44,45)41-32-15-19-47-40-32/h6,9-12,15,19-21,23,27,38-39H,13-14,16-18,22H2,1-5H3,(H,40,41)/t23-,27-,33-/m1/s1. The van der Waals surface area contributed by atoms with Crippen molar-refractivity contribution >= 4 is 38.1 Å². The van der Waals surface area contributed by atoms with Crippen LogP contribution in [0.1, 0.15) is 45.2 Å². The Hall–Kier alpha value is -4.35. The molecule has 0 bridgehead atoms. The van der Waals surface area contributed by atoms with Gasteiger partial charge < -0.3 is 29.4 Å². The minimum Gasteiger partial charge on any atom is -0.495 e. The van der Waals surface area contributed by atoms with Crippen LogP contribution in [0.5, 0.6) is 5.75 Å². The second-order valence-corrected chi connectivity index (χ2v) is 14.4. The Bertz CT molecular complexity index is 1900. The third-order valence-electron chi connectivity index (χ3n) is 9.27. The first-order valence-electron chi connectivity index (χ1n) is 15.7. The lowest BCUT2D eigenvalue weighted by molar-refractivity contribution is -0.140. The first kappa shape index (κ1) is 35.0. The molecule has 5 rings (SSSR count). The lowest BCUT2D eigenvalue weighted by Gasteiger charge is -2.35. The Morgan fingerprint density at radius 3 is 2.58 bits per heavy atom. The second-order valence-electron chi connectivity index (χ2n) is 12.7. The number of hydrogen-bond acceptors (Lipinski definition) is 8. The van der Waals surface area contributed by atoms with Crippen molar-refractivity contribution in [1.82, 2.24) is 14.6 Å². The van der Waals surface area contributed by atoms with Crippen LogP contribution >= 0.6 is 0 Å². The van der Waals surface area contributed by atoms with Crippen LogP contribution in [0, 0.1) is 17.8 Å². The Kier molecular flexibility index (Phi) is 10.2. The molecule has 4 aromatic rings. The number of hydrogen-bond donors (Lipinski definition) is 3. The van der Waals surface area contributed by atoms with Crippen molar-refractivity contribution in [3.05, 3.63) is 60.5 Å².